The Kier molecular flexibility index (Phi) is 5.34. The van der Waals surface area contributed by atoms with E-state index in [4.69, 9.17) is 0 Å². The number of hydrogen-bond donors (Lipinski definition) is 1. The lowest BCUT2D eigenvalue weighted by molar-refractivity contribution is -0.127. The number of amides is 1. The summed E-state index contributed by atoms with van der Waals surface area (Å²) in [4.78, 5) is 13.1. The van der Waals surface area contributed by atoms with Gasteiger partial charge in [0.2, 0.25) is 5.91 Å². The Hall–Kier alpha value is -2.09. The third-order valence-electron chi connectivity index (χ3n) is 5.30. The van der Waals surface area contributed by atoms with E-state index in [1.807, 2.05) is 24.3 Å². The molecular formula is C22H27NO. The molecule has 24 heavy (non-hydrogen) atoms. The summed E-state index contributed by atoms with van der Waals surface area (Å²) in [5.41, 5.74) is 2.19. The highest BCUT2D eigenvalue weighted by molar-refractivity contribution is 5.88. The zero-order valence-electron chi connectivity index (χ0n) is 14.5. The highest BCUT2D eigenvalue weighted by Gasteiger charge is 2.42. The van der Waals surface area contributed by atoms with Gasteiger partial charge in [-0.3, -0.25) is 4.79 Å². The van der Waals surface area contributed by atoms with E-state index in [2.05, 4.69) is 48.6 Å². The SMILES string of the molecule is CC(CCc1ccccc1)NC(=O)C1(c2ccccc2)CCCC1. The predicted molar refractivity (Wildman–Crippen MR) is 99.0 cm³/mol. The Morgan fingerprint density at radius 1 is 1.00 bits per heavy atom. The minimum atomic E-state index is -0.317. The third-order valence-corrected chi connectivity index (χ3v) is 5.30. The zero-order chi connectivity index (χ0) is 16.8. The first kappa shape index (κ1) is 16.8. The maximum absolute atomic E-state index is 13.1. The Labute approximate surface area is 145 Å². The molecule has 2 nitrogen and oxygen atoms in total. The summed E-state index contributed by atoms with van der Waals surface area (Å²) in [5, 5.41) is 3.29. The van der Waals surface area contributed by atoms with Crippen LogP contribution >= 0.6 is 0 Å². The Morgan fingerprint density at radius 2 is 1.58 bits per heavy atom. The Morgan fingerprint density at radius 3 is 2.21 bits per heavy atom. The van der Waals surface area contributed by atoms with E-state index in [1.165, 1.54) is 11.1 Å². The summed E-state index contributed by atoms with van der Waals surface area (Å²) in [6, 6.07) is 21.0. The van der Waals surface area contributed by atoms with Gasteiger partial charge in [0.25, 0.3) is 0 Å². The molecule has 1 fully saturated rings. The smallest absolute Gasteiger partial charge is 0.230 e. The number of benzene rings is 2. The molecule has 1 amide bonds. The lowest BCUT2D eigenvalue weighted by atomic mass is 9.78. The molecule has 0 aromatic heterocycles. The summed E-state index contributed by atoms with van der Waals surface area (Å²) in [6.45, 7) is 2.12. The molecule has 0 aliphatic heterocycles. The van der Waals surface area contributed by atoms with Crippen LogP contribution in [0.4, 0.5) is 0 Å². The highest BCUT2D eigenvalue weighted by atomic mass is 16.2. The molecule has 2 heteroatoms. The van der Waals surface area contributed by atoms with Crippen molar-refractivity contribution in [3.05, 3.63) is 71.8 Å². The second-order valence-corrected chi connectivity index (χ2v) is 7.05. The van der Waals surface area contributed by atoms with Crippen LogP contribution in [0.3, 0.4) is 0 Å². The molecule has 1 aliphatic carbocycles. The minimum absolute atomic E-state index is 0.193. The summed E-state index contributed by atoms with van der Waals surface area (Å²) >= 11 is 0. The molecule has 1 unspecified atom stereocenters. The normalized spacial score (nSPS) is 17.4. The van der Waals surface area contributed by atoms with Gasteiger partial charge in [-0.25, -0.2) is 0 Å². The molecule has 2 aromatic rings. The molecule has 0 heterocycles. The largest absolute Gasteiger partial charge is 0.353 e. The molecule has 2 aromatic carbocycles. The molecule has 3 rings (SSSR count). The maximum atomic E-state index is 13.1. The molecule has 0 bridgehead atoms. The number of carbonyl (C=O) groups excluding carboxylic acids is 1. The fourth-order valence-corrected chi connectivity index (χ4v) is 3.84. The highest BCUT2D eigenvalue weighted by Crippen LogP contribution is 2.41. The summed E-state index contributed by atoms with van der Waals surface area (Å²) in [5.74, 6) is 0.215. The van der Waals surface area contributed by atoms with Gasteiger partial charge < -0.3 is 5.32 Å². The van der Waals surface area contributed by atoms with E-state index in [0.29, 0.717) is 0 Å². The first-order valence-electron chi connectivity index (χ1n) is 9.11. The quantitative estimate of drug-likeness (QED) is 0.825. The Bertz CT molecular complexity index is 644. The van der Waals surface area contributed by atoms with Gasteiger partial charge in [0, 0.05) is 6.04 Å². The second-order valence-electron chi connectivity index (χ2n) is 7.05. The van der Waals surface area contributed by atoms with Crippen LogP contribution in [0.25, 0.3) is 0 Å². The van der Waals surface area contributed by atoms with Gasteiger partial charge in [0.15, 0.2) is 0 Å². The van der Waals surface area contributed by atoms with E-state index >= 15 is 0 Å². The van der Waals surface area contributed by atoms with Crippen molar-refractivity contribution in [1.82, 2.24) is 5.32 Å². The van der Waals surface area contributed by atoms with Crippen molar-refractivity contribution in [3.63, 3.8) is 0 Å². The van der Waals surface area contributed by atoms with Gasteiger partial charge in [-0.1, -0.05) is 73.5 Å². The van der Waals surface area contributed by atoms with Crippen molar-refractivity contribution in [2.45, 2.75) is 56.9 Å². The van der Waals surface area contributed by atoms with E-state index in [-0.39, 0.29) is 17.4 Å². The average molecular weight is 321 g/mol. The van der Waals surface area contributed by atoms with Crippen molar-refractivity contribution in [2.75, 3.05) is 0 Å². The van der Waals surface area contributed by atoms with E-state index in [0.717, 1.165) is 38.5 Å². The molecule has 0 radical (unpaired) electrons. The topological polar surface area (TPSA) is 29.1 Å². The first-order chi connectivity index (χ1) is 11.7. The van der Waals surface area contributed by atoms with Crippen LogP contribution in [0, 0.1) is 0 Å². The molecule has 0 saturated heterocycles. The monoisotopic (exact) mass is 321 g/mol. The van der Waals surface area contributed by atoms with E-state index in [1.54, 1.807) is 0 Å². The van der Waals surface area contributed by atoms with Gasteiger partial charge in [0.1, 0.15) is 0 Å². The van der Waals surface area contributed by atoms with Crippen LogP contribution in [0.5, 0.6) is 0 Å². The summed E-state index contributed by atoms with van der Waals surface area (Å²) < 4.78 is 0. The van der Waals surface area contributed by atoms with E-state index in [9.17, 15) is 4.79 Å². The van der Waals surface area contributed by atoms with Crippen molar-refractivity contribution < 1.29 is 4.79 Å². The fraction of sp³-hybridized carbons (Fsp3) is 0.409. The van der Waals surface area contributed by atoms with Crippen LogP contribution in [0.2, 0.25) is 0 Å². The number of hydrogen-bond acceptors (Lipinski definition) is 1. The predicted octanol–water partition coefficient (Wildman–Crippen LogP) is 4.64. The van der Waals surface area contributed by atoms with Gasteiger partial charge in [0.05, 0.1) is 5.41 Å². The van der Waals surface area contributed by atoms with Crippen molar-refractivity contribution in [2.24, 2.45) is 0 Å². The second kappa shape index (κ2) is 7.65. The number of nitrogens with one attached hydrogen (secondary N) is 1. The lowest BCUT2D eigenvalue weighted by Gasteiger charge is -2.30. The van der Waals surface area contributed by atoms with Crippen molar-refractivity contribution in [3.8, 4) is 0 Å². The summed E-state index contributed by atoms with van der Waals surface area (Å²) in [6.07, 6.45) is 6.19. The average Bonchev–Trinajstić information content (AvgIpc) is 3.13. The first-order valence-corrected chi connectivity index (χ1v) is 9.11. The fourth-order valence-electron chi connectivity index (χ4n) is 3.84. The minimum Gasteiger partial charge on any atom is -0.353 e. The number of rotatable bonds is 6. The van der Waals surface area contributed by atoms with Gasteiger partial charge in [-0.15, -0.1) is 0 Å². The van der Waals surface area contributed by atoms with Crippen LogP contribution in [0.15, 0.2) is 60.7 Å². The molecule has 0 spiro atoms. The van der Waals surface area contributed by atoms with Crippen molar-refractivity contribution >= 4 is 5.91 Å². The standard InChI is InChI=1S/C22H27NO/c1-18(14-15-19-10-4-2-5-11-19)23-21(24)22(16-8-9-17-22)20-12-6-3-7-13-20/h2-7,10-13,18H,8-9,14-17H2,1H3,(H,23,24). The molecule has 1 saturated carbocycles. The number of carbonyl (C=O) groups is 1. The van der Waals surface area contributed by atoms with Crippen LogP contribution in [-0.4, -0.2) is 11.9 Å². The molecule has 1 aliphatic rings. The maximum Gasteiger partial charge on any atom is 0.230 e. The van der Waals surface area contributed by atoms with E-state index < -0.39 is 0 Å². The van der Waals surface area contributed by atoms with Crippen molar-refractivity contribution in [1.29, 1.82) is 0 Å². The number of aryl methyl sites for hydroxylation is 1. The molecule has 1 atom stereocenters. The van der Waals surface area contributed by atoms with Gasteiger partial charge >= 0.3 is 0 Å². The zero-order valence-corrected chi connectivity index (χ0v) is 14.5. The summed E-state index contributed by atoms with van der Waals surface area (Å²) in [7, 11) is 0. The van der Waals surface area contributed by atoms with Gasteiger partial charge in [-0.05, 0) is 43.7 Å². The lowest BCUT2D eigenvalue weighted by Crippen LogP contribution is -2.46. The van der Waals surface area contributed by atoms with Gasteiger partial charge in [-0.2, -0.15) is 0 Å². The molecule has 126 valence electrons. The third kappa shape index (κ3) is 3.69. The van der Waals surface area contributed by atoms with Crippen LogP contribution in [0.1, 0.15) is 50.2 Å². The van der Waals surface area contributed by atoms with Crippen LogP contribution in [-0.2, 0) is 16.6 Å². The molecular weight excluding hydrogens is 294 g/mol. The Balaban J connectivity index is 1.64. The van der Waals surface area contributed by atoms with Crippen LogP contribution < -0.4 is 5.32 Å². The molecule has 1 N–H and O–H groups in total.